The quantitative estimate of drug-likeness (QED) is 0.164. The van der Waals surface area contributed by atoms with Crippen LogP contribution < -0.4 is 22.9 Å². The van der Waals surface area contributed by atoms with Gasteiger partial charge in [-0.15, -0.1) is 0 Å². The molecule has 13 nitrogen and oxygen atoms in total. The van der Waals surface area contributed by atoms with E-state index in [0.717, 1.165) is 5.75 Å². The Balaban J connectivity index is -0.000000350. The molecule has 3 atom stereocenters. The fraction of sp³-hybridized carbons (Fsp3) is 0.667. The van der Waals surface area contributed by atoms with Crippen molar-refractivity contribution in [3.8, 4) is 0 Å². The van der Waals surface area contributed by atoms with Crippen molar-refractivity contribution in [2.45, 2.75) is 50.2 Å². The molecule has 29 heavy (non-hydrogen) atoms. The zero-order valence-corrected chi connectivity index (χ0v) is 16.8. The number of nitrogens with two attached hydrogens (primary N) is 4. The number of hydrogen-bond acceptors (Lipinski definition) is 9. The Morgan fingerprint density at radius 2 is 1.07 bits per heavy atom. The van der Waals surface area contributed by atoms with Crippen LogP contribution in [0.4, 0.5) is 0 Å². The predicted molar refractivity (Wildman–Crippen MR) is 105 cm³/mol. The van der Waals surface area contributed by atoms with E-state index >= 15 is 0 Å². The Labute approximate surface area is 171 Å². The molecule has 0 heterocycles. The van der Waals surface area contributed by atoms with E-state index in [9.17, 15) is 24.0 Å². The topological polar surface area (TPSA) is 270 Å². The minimum absolute atomic E-state index is 0.0213. The van der Waals surface area contributed by atoms with Gasteiger partial charge in [0.15, 0.2) is 0 Å². The number of primary amides is 1. The summed E-state index contributed by atoms with van der Waals surface area (Å²) in [5.74, 6) is -3.94. The van der Waals surface area contributed by atoms with Crippen molar-refractivity contribution in [2.75, 3.05) is 12.0 Å². The van der Waals surface area contributed by atoms with Gasteiger partial charge < -0.3 is 43.4 Å². The van der Waals surface area contributed by atoms with Gasteiger partial charge >= 0.3 is 23.9 Å². The second kappa shape index (κ2) is 18.9. The highest BCUT2D eigenvalue weighted by Gasteiger charge is 2.12. The van der Waals surface area contributed by atoms with Crippen LogP contribution in [0.2, 0.25) is 0 Å². The molecular formula is C15H30N4O9S. The van der Waals surface area contributed by atoms with E-state index in [1.165, 1.54) is 0 Å². The third kappa shape index (κ3) is 25.6. The molecule has 0 aliphatic carbocycles. The summed E-state index contributed by atoms with van der Waals surface area (Å²) in [5, 5.41) is 32.8. The van der Waals surface area contributed by atoms with Crippen molar-refractivity contribution in [1.29, 1.82) is 0 Å². The van der Waals surface area contributed by atoms with Gasteiger partial charge in [-0.05, 0) is 31.3 Å². The summed E-state index contributed by atoms with van der Waals surface area (Å²) < 4.78 is 0. The lowest BCUT2D eigenvalue weighted by Gasteiger charge is -2.02. The van der Waals surface area contributed by atoms with Crippen LogP contribution >= 0.6 is 11.8 Å². The molecule has 0 saturated heterocycles. The fourth-order valence-electron chi connectivity index (χ4n) is 1.19. The fourth-order valence-corrected chi connectivity index (χ4v) is 1.68. The highest BCUT2D eigenvalue weighted by molar-refractivity contribution is 7.98. The molecule has 0 radical (unpaired) electrons. The van der Waals surface area contributed by atoms with Gasteiger partial charge in [0.25, 0.3) is 0 Å². The third-order valence-electron chi connectivity index (χ3n) is 2.96. The lowest BCUT2D eigenvalue weighted by molar-refractivity contribution is -0.141. The van der Waals surface area contributed by atoms with Crippen molar-refractivity contribution in [2.24, 2.45) is 22.9 Å². The monoisotopic (exact) mass is 442 g/mol. The average Bonchev–Trinajstić information content (AvgIpc) is 2.62. The Morgan fingerprint density at radius 3 is 1.34 bits per heavy atom. The smallest absolute Gasteiger partial charge is 0.320 e. The highest BCUT2D eigenvalue weighted by atomic mass is 32.2. The van der Waals surface area contributed by atoms with E-state index in [0.29, 0.717) is 6.42 Å². The molecule has 0 fully saturated rings. The van der Waals surface area contributed by atoms with Crippen LogP contribution in [-0.4, -0.2) is 80.3 Å². The minimum atomic E-state index is -1.17. The van der Waals surface area contributed by atoms with Crippen LogP contribution in [0.25, 0.3) is 0 Å². The predicted octanol–water partition coefficient (Wildman–Crippen LogP) is -1.92. The van der Waals surface area contributed by atoms with Gasteiger partial charge in [0, 0.05) is 12.8 Å². The van der Waals surface area contributed by atoms with E-state index < -0.39 is 47.9 Å². The van der Waals surface area contributed by atoms with Gasteiger partial charge in [-0.1, -0.05) is 0 Å². The summed E-state index contributed by atoms with van der Waals surface area (Å²) >= 11 is 1.60. The molecule has 0 aromatic rings. The van der Waals surface area contributed by atoms with Gasteiger partial charge in [0.1, 0.15) is 18.1 Å². The Bertz CT molecular complexity index is 500. The Morgan fingerprint density at radius 1 is 0.724 bits per heavy atom. The summed E-state index contributed by atoms with van der Waals surface area (Å²) in [7, 11) is 0. The van der Waals surface area contributed by atoms with Crippen LogP contribution in [0.15, 0.2) is 0 Å². The largest absolute Gasteiger partial charge is 0.481 e. The maximum absolute atomic E-state index is 10.1. The second-order valence-corrected chi connectivity index (χ2v) is 6.54. The zero-order chi connectivity index (χ0) is 23.6. The number of carboxylic acids is 4. The van der Waals surface area contributed by atoms with Gasteiger partial charge in [-0.2, -0.15) is 11.8 Å². The molecule has 12 N–H and O–H groups in total. The lowest BCUT2D eigenvalue weighted by atomic mass is 10.2. The molecule has 0 bridgehead atoms. The van der Waals surface area contributed by atoms with E-state index in [1.807, 2.05) is 6.26 Å². The first kappa shape index (κ1) is 31.3. The van der Waals surface area contributed by atoms with Gasteiger partial charge in [-0.3, -0.25) is 24.0 Å². The lowest BCUT2D eigenvalue weighted by Crippen LogP contribution is -2.31. The van der Waals surface area contributed by atoms with E-state index in [4.69, 9.17) is 43.4 Å². The summed E-state index contributed by atoms with van der Waals surface area (Å²) in [6, 6.07) is -2.72. The molecule has 0 aromatic heterocycles. The van der Waals surface area contributed by atoms with Crippen LogP contribution in [0, 0.1) is 0 Å². The molecule has 0 aromatic carbocycles. The normalized spacial score (nSPS) is 12.7. The molecule has 0 aliphatic heterocycles. The number of carboxylic acid groups (broad SMARTS) is 4. The second-order valence-electron chi connectivity index (χ2n) is 5.55. The van der Waals surface area contributed by atoms with E-state index in [-0.39, 0.29) is 25.7 Å². The number of hydrogen-bond donors (Lipinski definition) is 8. The van der Waals surface area contributed by atoms with Crippen LogP contribution in [-0.2, 0) is 24.0 Å². The highest BCUT2D eigenvalue weighted by Crippen LogP contribution is 1.97. The molecule has 0 aliphatic rings. The van der Waals surface area contributed by atoms with Gasteiger partial charge in [-0.25, -0.2) is 0 Å². The summed E-state index contributed by atoms with van der Waals surface area (Å²) in [4.78, 5) is 50.1. The van der Waals surface area contributed by atoms with Crippen molar-refractivity contribution in [1.82, 2.24) is 0 Å². The Hall–Kier alpha value is -2.42. The number of carbonyl (C=O) groups is 5. The summed E-state index contributed by atoms with van der Waals surface area (Å²) in [6.45, 7) is 0. The summed E-state index contributed by atoms with van der Waals surface area (Å²) in [5.41, 5.74) is 20.0. The number of rotatable bonds is 12. The third-order valence-corrected chi connectivity index (χ3v) is 3.60. The number of aliphatic carboxylic acids is 4. The van der Waals surface area contributed by atoms with Crippen molar-refractivity contribution in [3.63, 3.8) is 0 Å². The SMILES string of the molecule is CSCC[C@H](N)C(=O)O.NC(=O)CC[C@H](N)C(=O)O.N[C@@H](CCC(=O)O)C(=O)O. The first-order valence-electron chi connectivity index (χ1n) is 8.20. The first-order chi connectivity index (χ1) is 13.3. The Kier molecular flexibility index (Phi) is 20.4. The molecule has 0 spiro atoms. The van der Waals surface area contributed by atoms with Crippen LogP contribution in [0.5, 0.6) is 0 Å². The van der Waals surface area contributed by atoms with Gasteiger partial charge in [0.05, 0.1) is 0 Å². The molecule has 170 valence electrons. The van der Waals surface area contributed by atoms with E-state index in [1.54, 1.807) is 11.8 Å². The molecule has 0 saturated carbocycles. The minimum Gasteiger partial charge on any atom is -0.481 e. The molecule has 14 heteroatoms. The van der Waals surface area contributed by atoms with Crippen molar-refractivity contribution in [3.05, 3.63) is 0 Å². The molecule has 0 unspecified atom stereocenters. The summed E-state index contributed by atoms with van der Waals surface area (Å²) in [6.07, 6.45) is 2.38. The maximum Gasteiger partial charge on any atom is 0.320 e. The van der Waals surface area contributed by atoms with Crippen LogP contribution in [0.3, 0.4) is 0 Å². The maximum atomic E-state index is 10.1. The molecule has 0 rings (SSSR count). The molecular weight excluding hydrogens is 412 g/mol. The van der Waals surface area contributed by atoms with E-state index in [2.05, 4.69) is 0 Å². The average molecular weight is 442 g/mol. The number of amides is 1. The number of thioether (sulfide) groups is 1. The van der Waals surface area contributed by atoms with Gasteiger partial charge in [0.2, 0.25) is 5.91 Å². The van der Waals surface area contributed by atoms with Crippen molar-refractivity contribution < 1.29 is 44.4 Å². The zero-order valence-electron chi connectivity index (χ0n) is 16.0. The first-order valence-corrected chi connectivity index (χ1v) is 9.59. The van der Waals surface area contributed by atoms with Crippen LogP contribution in [0.1, 0.15) is 32.1 Å². The molecule has 1 amide bonds. The standard InChI is InChI=1S/C5H10N2O3.C5H9NO4.C5H11NO2S/c2*6-3(5(9)10)1-2-4(7)8;1-9-3-2-4(6)5(7)8/h3H,1-2,6H2,(H2,7,8)(H,9,10);3H,1-2,6H2,(H,7,8)(H,9,10);4H,2-3,6H2,1H3,(H,7,8)/t2*3-;4-/m000/s1. The van der Waals surface area contributed by atoms with Crippen molar-refractivity contribution >= 4 is 41.5 Å². The number of carbonyl (C=O) groups excluding carboxylic acids is 1.